The first kappa shape index (κ1) is 16.4. The van der Waals surface area contributed by atoms with Gasteiger partial charge in [0.15, 0.2) is 0 Å². The summed E-state index contributed by atoms with van der Waals surface area (Å²) in [4.78, 5) is 7.35. The molecule has 0 bridgehead atoms. The van der Waals surface area contributed by atoms with Crippen molar-refractivity contribution in [2.45, 2.75) is 65.6 Å². The molecular formula is C18H31N3. The second-order valence-electron chi connectivity index (χ2n) is 7.35. The van der Waals surface area contributed by atoms with E-state index in [1.165, 1.54) is 31.5 Å². The Balaban J connectivity index is 1.89. The topological polar surface area (TPSA) is 28.2 Å². The van der Waals surface area contributed by atoms with Crippen LogP contribution in [0, 0.1) is 5.92 Å². The van der Waals surface area contributed by atoms with Crippen LogP contribution in [0.15, 0.2) is 18.2 Å². The van der Waals surface area contributed by atoms with Crippen LogP contribution >= 0.6 is 0 Å². The zero-order chi connectivity index (χ0) is 15.3. The number of aromatic nitrogens is 1. The third-order valence-corrected chi connectivity index (χ3v) is 4.24. The Kier molecular flexibility index (Phi) is 5.77. The Morgan fingerprint density at radius 2 is 1.95 bits per heavy atom. The van der Waals surface area contributed by atoms with Gasteiger partial charge in [0, 0.05) is 25.2 Å². The van der Waals surface area contributed by atoms with Gasteiger partial charge in [-0.1, -0.05) is 19.4 Å². The smallest absolute Gasteiger partial charge is 0.0547 e. The number of rotatable bonds is 7. The lowest BCUT2D eigenvalue weighted by molar-refractivity contribution is 0.176. The number of nitrogens with zero attached hydrogens (tertiary/aromatic N) is 2. The van der Waals surface area contributed by atoms with Gasteiger partial charge in [-0.2, -0.15) is 0 Å². The van der Waals surface area contributed by atoms with Gasteiger partial charge in [-0.15, -0.1) is 0 Å². The van der Waals surface area contributed by atoms with Gasteiger partial charge >= 0.3 is 0 Å². The van der Waals surface area contributed by atoms with Crippen molar-refractivity contribution in [3.63, 3.8) is 0 Å². The SMILES string of the molecule is CCN(Cc1cccc(CNC(C)(C)C)n1)CC1CCC1. The zero-order valence-electron chi connectivity index (χ0n) is 14.2. The lowest BCUT2D eigenvalue weighted by Gasteiger charge is -2.31. The standard InChI is InChI=1S/C18H31N3/c1-5-21(13-15-8-6-9-15)14-17-11-7-10-16(20-17)12-19-18(2,3)4/h7,10-11,15,19H,5-6,8-9,12-14H2,1-4H3. The molecule has 21 heavy (non-hydrogen) atoms. The molecule has 0 saturated heterocycles. The second kappa shape index (κ2) is 7.37. The molecule has 1 aliphatic rings. The van der Waals surface area contributed by atoms with Gasteiger partial charge in [-0.3, -0.25) is 9.88 Å². The molecule has 0 aliphatic heterocycles. The summed E-state index contributed by atoms with van der Waals surface area (Å²) < 4.78 is 0. The molecule has 1 saturated carbocycles. The molecule has 0 aromatic carbocycles. The van der Waals surface area contributed by atoms with Crippen LogP contribution in [-0.4, -0.2) is 28.5 Å². The molecule has 1 heterocycles. The van der Waals surface area contributed by atoms with E-state index in [0.29, 0.717) is 0 Å². The van der Waals surface area contributed by atoms with Crippen LogP contribution in [-0.2, 0) is 13.1 Å². The summed E-state index contributed by atoms with van der Waals surface area (Å²) in [6.45, 7) is 13.0. The van der Waals surface area contributed by atoms with Crippen LogP contribution in [0.1, 0.15) is 58.3 Å². The summed E-state index contributed by atoms with van der Waals surface area (Å²) in [5, 5.41) is 3.51. The number of nitrogens with one attached hydrogen (secondary N) is 1. The van der Waals surface area contributed by atoms with Crippen molar-refractivity contribution in [2.24, 2.45) is 5.92 Å². The molecule has 0 radical (unpaired) electrons. The molecule has 0 spiro atoms. The molecule has 3 heteroatoms. The first-order valence-electron chi connectivity index (χ1n) is 8.38. The van der Waals surface area contributed by atoms with E-state index in [1.807, 2.05) is 0 Å². The molecule has 1 aromatic heterocycles. The minimum atomic E-state index is 0.136. The van der Waals surface area contributed by atoms with Crippen molar-refractivity contribution in [1.29, 1.82) is 0 Å². The summed E-state index contributed by atoms with van der Waals surface area (Å²) in [5.74, 6) is 0.927. The largest absolute Gasteiger partial charge is 0.306 e. The van der Waals surface area contributed by atoms with Gasteiger partial charge in [0.25, 0.3) is 0 Å². The van der Waals surface area contributed by atoms with Gasteiger partial charge in [0.05, 0.1) is 11.4 Å². The summed E-state index contributed by atoms with van der Waals surface area (Å²) in [5.41, 5.74) is 2.48. The van der Waals surface area contributed by atoms with E-state index >= 15 is 0 Å². The third kappa shape index (κ3) is 5.76. The van der Waals surface area contributed by atoms with E-state index in [2.05, 4.69) is 56.1 Å². The molecule has 118 valence electrons. The van der Waals surface area contributed by atoms with Crippen LogP contribution in [0.3, 0.4) is 0 Å². The highest BCUT2D eigenvalue weighted by Crippen LogP contribution is 2.27. The molecule has 0 atom stereocenters. The predicted octanol–water partition coefficient (Wildman–Crippen LogP) is 3.59. The summed E-state index contributed by atoms with van der Waals surface area (Å²) in [6.07, 6.45) is 4.26. The van der Waals surface area contributed by atoms with E-state index in [0.717, 1.165) is 31.2 Å². The summed E-state index contributed by atoms with van der Waals surface area (Å²) >= 11 is 0. The fraction of sp³-hybridized carbons (Fsp3) is 0.722. The number of hydrogen-bond donors (Lipinski definition) is 1. The van der Waals surface area contributed by atoms with E-state index in [9.17, 15) is 0 Å². The molecule has 2 rings (SSSR count). The van der Waals surface area contributed by atoms with Gasteiger partial charge < -0.3 is 5.32 Å². The Morgan fingerprint density at radius 1 is 1.24 bits per heavy atom. The average molecular weight is 289 g/mol. The van der Waals surface area contributed by atoms with Gasteiger partial charge in [-0.25, -0.2) is 0 Å². The normalized spacial score (nSPS) is 16.2. The maximum Gasteiger partial charge on any atom is 0.0547 e. The van der Waals surface area contributed by atoms with E-state index in [4.69, 9.17) is 4.98 Å². The maximum atomic E-state index is 4.81. The van der Waals surface area contributed by atoms with Crippen LogP contribution in [0.4, 0.5) is 0 Å². The van der Waals surface area contributed by atoms with Gasteiger partial charge in [-0.05, 0) is 58.2 Å². The Hall–Kier alpha value is -0.930. The molecule has 0 amide bonds. The molecule has 1 N–H and O–H groups in total. The minimum Gasteiger partial charge on any atom is -0.306 e. The van der Waals surface area contributed by atoms with Crippen LogP contribution in [0.5, 0.6) is 0 Å². The second-order valence-corrected chi connectivity index (χ2v) is 7.35. The van der Waals surface area contributed by atoms with Crippen molar-refractivity contribution >= 4 is 0 Å². The summed E-state index contributed by atoms with van der Waals surface area (Å²) in [6, 6.07) is 6.41. The lowest BCUT2D eigenvalue weighted by Crippen LogP contribution is -2.35. The molecular weight excluding hydrogens is 258 g/mol. The zero-order valence-corrected chi connectivity index (χ0v) is 14.2. The Morgan fingerprint density at radius 3 is 2.52 bits per heavy atom. The van der Waals surface area contributed by atoms with E-state index in [-0.39, 0.29) is 5.54 Å². The first-order valence-corrected chi connectivity index (χ1v) is 8.38. The highest BCUT2D eigenvalue weighted by atomic mass is 15.1. The predicted molar refractivity (Wildman–Crippen MR) is 89.1 cm³/mol. The Labute approximate surface area is 130 Å². The minimum absolute atomic E-state index is 0.136. The molecule has 3 nitrogen and oxygen atoms in total. The molecule has 0 unspecified atom stereocenters. The number of pyridine rings is 1. The van der Waals surface area contributed by atoms with Crippen molar-refractivity contribution in [3.05, 3.63) is 29.6 Å². The van der Waals surface area contributed by atoms with Crippen LogP contribution < -0.4 is 5.32 Å². The summed E-state index contributed by atoms with van der Waals surface area (Å²) in [7, 11) is 0. The average Bonchev–Trinajstić information content (AvgIpc) is 2.39. The third-order valence-electron chi connectivity index (χ3n) is 4.24. The van der Waals surface area contributed by atoms with Crippen molar-refractivity contribution in [3.8, 4) is 0 Å². The highest BCUT2D eigenvalue weighted by Gasteiger charge is 2.20. The maximum absolute atomic E-state index is 4.81. The fourth-order valence-electron chi connectivity index (χ4n) is 2.65. The lowest BCUT2D eigenvalue weighted by atomic mass is 9.85. The quantitative estimate of drug-likeness (QED) is 0.831. The van der Waals surface area contributed by atoms with Crippen LogP contribution in [0.2, 0.25) is 0 Å². The van der Waals surface area contributed by atoms with Crippen molar-refractivity contribution < 1.29 is 0 Å². The molecule has 1 aliphatic carbocycles. The van der Waals surface area contributed by atoms with Crippen molar-refractivity contribution in [1.82, 2.24) is 15.2 Å². The van der Waals surface area contributed by atoms with Gasteiger partial charge in [0.2, 0.25) is 0 Å². The van der Waals surface area contributed by atoms with Crippen molar-refractivity contribution in [2.75, 3.05) is 13.1 Å². The molecule has 1 aromatic rings. The van der Waals surface area contributed by atoms with E-state index in [1.54, 1.807) is 0 Å². The molecule has 1 fully saturated rings. The van der Waals surface area contributed by atoms with Gasteiger partial charge in [0.1, 0.15) is 0 Å². The highest BCUT2D eigenvalue weighted by molar-refractivity contribution is 5.11. The number of hydrogen-bond acceptors (Lipinski definition) is 3. The monoisotopic (exact) mass is 289 g/mol. The van der Waals surface area contributed by atoms with Crippen LogP contribution in [0.25, 0.3) is 0 Å². The van der Waals surface area contributed by atoms with E-state index < -0.39 is 0 Å². The first-order chi connectivity index (χ1) is 9.96. The Bertz CT molecular complexity index is 432. The fourth-order valence-corrected chi connectivity index (χ4v) is 2.65.